The molecule has 0 bridgehead atoms. The van der Waals surface area contributed by atoms with Crippen LogP contribution in [0.15, 0.2) is 41.3 Å². The molecular weight excluding hydrogens is 368 g/mol. The molecule has 0 aromatic heterocycles. The normalized spacial score (nSPS) is 11.1. The molecular formula is C14H10Cl2FNO4S. The van der Waals surface area contributed by atoms with Crippen LogP contribution in [0.3, 0.4) is 0 Å². The number of methoxy groups -OCH3 is 1. The number of esters is 1. The Morgan fingerprint density at radius 3 is 2.43 bits per heavy atom. The van der Waals surface area contributed by atoms with Crippen LogP contribution in [0.2, 0.25) is 10.0 Å². The number of carbonyl (C=O) groups excluding carboxylic acids is 1. The van der Waals surface area contributed by atoms with Crippen molar-refractivity contribution in [3.05, 3.63) is 57.8 Å². The lowest BCUT2D eigenvalue weighted by molar-refractivity contribution is 0.0601. The van der Waals surface area contributed by atoms with Crippen molar-refractivity contribution in [3.63, 3.8) is 0 Å². The third kappa shape index (κ3) is 3.93. The first-order valence-corrected chi connectivity index (χ1v) is 8.34. The van der Waals surface area contributed by atoms with Gasteiger partial charge in [0.2, 0.25) is 0 Å². The molecule has 0 spiro atoms. The van der Waals surface area contributed by atoms with Crippen LogP contribution >= 0.6 is 23.2 Å². The average molecular weight is 378 g/mol. The topological polar surface area (TPSA) is 72.5 Å². The number of sulfonamides is 1. The smallest absolute Gasteiger partial charge is 0.339 e. The third-order valence-corrected chi connectivity index (χ3v) is 5.00. The van der Waals surface area contributed by atoms with Gasteiger partial charge in [0, 0.05) is 5.69 Å². The molecule has 1 N–H and O–H groups in total. The molecule has 2 aromatic carbocycles. The number of anilines is 1. The predicted octanol–water partition coefficient (Wildman–Crippen LogP) is 3.72. The Hall–Kier alpha value is -1.83. The first kappa shape index (κ1) is 17.5. The SMILES string of the molecule is COC(=O)c1cc(NS(=O)(=O)c2ccc(F)cc2Cl)ccc1Cl. The lowest BCUT2D eigenvalue weighted by Crippen LogP contribution is -2.14. The van der Waals surface area contributed by atoms with Gasteiger partial charge in [-0.3, -0.25) is 4.72 Å². The van der Waals surface area contributed by atoms with Crippen LogP contribution in [0.5, 0.6) is 0 Å². The van der Waals surface area contributed by atoms with E-state index in [1.807, 2.05) is 0 Å². The molecule has 0 unspecified atom stereocenters. The minimum absolute atomic E-state index is 0.000398. The summed E-state index contributed by atoms with van der Waals surface area (Å²) in [5, 5.41) is -0.153. The van der Waals surface area contributed by atoms with Gasteiger partial charge in [0.1, 0.15) is 10.7 Å². The molecule has 122 valence electrons. The molecule has 9 heteroatoms. The zero-order valence-electron chi connectivity index (χ0n) is 11.6. The Kier molecular flexibility index (Phi) is 5.13. The van der Waals surface area contributed by atoms with Crippen LogP contribution in [0.1, 0.15) is 10.4 Å². The van der Waals surface area contributed by atoms with Crippen molar-refractivity contribution < 1.29 is 22.3 Å². The van der Waals surface area contributed by atoms with Crippen LogP contribution < -0.4 is 4.72 Å². The fourth-order valence-electron chi connectivity index (χ4n) is 1.76. The van der Waals surface area contributed by atoms with E-state index in [4.69, 9.17) is 23.2 Å². The van der Waals surface area contributed by atoms with Gasteiger partial charge in [-0.1, -0.05) is 23.2 Å². The number of benzene rings is 2. The molecule has 0 saturated carbocycles. The van der Waals surface area contributed by atoms with Gasteiger partial charge in [0.25, 0.3) is 10.0 Å². The standard InChI is InChI=1S/C14H10Cl2FNO4S/c1-22-14(19)10-7-9(3-4-11(10)15)18-23(20,21)13-5-2-8(17)6-12(13)16/h2-7,18H,1H3. The maximum atomic E-state index is 13.0. The highest BCUT2D eigenvalue weighted by atomic mass is 35.5. The number of hydrogen-bond donors (Lipinski definition) is 1. The number of rotatable bonds is 4. The molecule has 2 aromatic rings. The largest absolute Gasteiger partial charge is 0.465 e. The number of halogens is 3. The Labute approximate surface area is 142 Å². The van der Waals surface area contributed by atoms with E-state index in [1.54, 1.807) is 0 Å². The summed E-state index contributed by atoms with van der Waals surface area (Å²) in [5.74, 6) is -1.37. The van der Waals surface area contributed by atoms with Crippen molar-refractivity contribution in [3.8, 4) is 0 Å². The number of ether oxygens (including phenoxy) is 1. The van der Waals surface area contributed by atoms with Crippen LogP contribution in [-0.4, -0.2) is 21.5 Å². The molecule has 5 nitrogen and oxygen atoms in total. The first-order chi connectivity index (χ1) is 10.7. The Morgan fingerprint density at radius 2 is 1.83 bits per heavy atom. The highest BCUT2D eigenvalue weighted by molar-refractivity contribution is 7.92. The number of carbonyl (C=O) groups is 1. The maximum absolute atomic E-state index is 13.0. The quantitative estimate of drug-likeness (QED) is 0.824. The Morgan fingerprint density at radius 1 is 1.13 bits per heavy atom. The number of hydrogen-bond acceptors (Lipinski definition) is 4. The molecule has 0 aliphatic rings. The van der Waals surface area contributed by atoms with Gasteiger partial charge in [-0.2, -0.15) is 0 Å². The van der Waals surface area contributed by atoms with E-state index in [2.05, 4.69) is 9.46 Å². The van der Waals surface area contributed by atoms with Crippen LogP contribution in [0.4, 0.5) is 10.1 Å². The fourth-order valence-corrected chi connectivity index (χ4v) is 3.54. The summed E-state index contributed by atoms with van der Waals surface area (Å²) in [7, 11) is -2.89. The monoisotopic (exact) mass is 377 g/mol. The summed E-state index contributed by atoms with van der Waals surface area (Å²) in [6, 6.07) is 6.84. The second-order valence-corrected chi connectivity index (χ2v) is 6.83. The van der Waals surface area contributed by atoms with Crippen molar-refractivity contribution in [2.75, 3.05) is 11.8 Å². The van der Waals surface area contributed by atoms with Gasteiger partial charge in [-0.15, -0.1) is 0 Å². The van der Waals surface area contributed by atoms with E-state index in [1.165, 1.54) is 25.3 Å². The second kappa shape index (κ2) is 6.74. The highest BCUT2D eigenvalue weighted by Gasteiger charge is 2.20. The van der Waals surface area contributed by atoms with E-state index in [0.717, 1.165) is 18.2 Å². The summed E-state index contributed by atoms with van der Waals surface area (Å²) in [6.45, 7) is 0. The molecule has 0 aliphatic heterocycles. The molecule has 0 atom stereocenters. The molecule has 0 amide bonds. The van der Waals surface area contributed by atoms with Crippen LogP contribution in [0.25, 0.3) is 0 Å². The summed E-state index contributed by atoms with van der Waals surface area (Å²) in [4.78, 5) is 11.3. The summed E-state index contributed by atoms with van der Waals surface area (Å²) < 4.78 is 44.4. The molecule has 0 saturated heterocycles. The van der Waals surface area contributed by atoms with E-state index in [9.17, 15) is 17.6 Å². The van der Waals surface area contributed by atoms with Gasteiger partial charge in [-0.05, 0) is 36.4 Å². The second-order valence-electron chi connectivity index (χ2n) is 4.37. The van der Waals surface area contributed by atoms with E-state index in [-0.39, 0.29) is 26.2 Å². The molecule has 0 fully saturated rings. The average Bonchev–Trinajstić information content (AvgIpc) is 2.47. The zero-order valence-corrected chi connectivity index (χ0v) is 14.0. The predicted molar refractivity (Wildman–Crippen MR) is 85.0 cm³/mol. The maximum Gasteiger partial charge on any atom is 0.339 e. The van der Waals surface area contributed by atoms with Crippen molar-refractivity contribution in [1.82, 2.24) is 0 Å². The van der Waals surface area contributed by atoms with Crippen LogP contribution in [-0.2, 0) is 14.8 Å². The van der Waals surface area contributed by atoms with Gasteiger partial charge in [0.15, 0.2) is 0 Å². The van der Waals surface area contributed by atoms with E-state index < -0.39 is 21.8 Å². The van der Waals surface area contributed by atoms with Gasteiger partial charge < -0.3 is 4.74 Å². The third-order valence-electron chi connectivity index (χ3n) is 2.81. The minimum atomic E-state index is -4.07. The fraction of sp³-hybridized carbons (Fsp3) is 0.0714. The lowest BCUT2D eigenvalue weighted by Gasteiger charge is -2.11. The highest BCUT2D eigenvalue weighted by Crippen LogP contribution is 2.27. The van der Waals surface area contributed by atoms with Gasteiger partial charge >= 0.3 is 5.97 Å². The molecule has 0 aliphatic carbocycles. The molecule has 2 rings (SSSR count). The van der Waals surface area contributed by atoms with Crippen molar-refractivity contribution in [2.45, 2.75) is 4.90 Å². The zero-order chi connectivity index (χ0) is 17.2. The van der Waals surface area contributed by atoms with E-state index >= 15 is 0 Å². The van der Waals surface area contributed by atoms with Gasteiger partial charge in [-0.25, -0.2) is 17.6 Å². The Balaban J connectivity index is 2.39. The first-order valence-electron chi connectivity index (χ1n) is 6.10. The lowest BCUT2D eigenvalue weighted by atomic mass is 10.2. The van der Waals surface area contributed by atoms with Crippen molar-refractivity contribution in [2.24, 2.45) is 0 Å². The molecule has 0 radical (unpaired) electrons. The molecule has 23 heavy (non-hydrogen) atoms. The summed E-state index contributed by atoms with van der Waals surface area (Å²) in [5.41, 5.74) is 0.0785. The molecule has 0 heterocycles. The van der Waals surface area contributed by atoms with Crippen molar-refractivity contribution >= 4 is 44.9 Å². The number of nitrogens with one attached hydrogen (secondary N) is 1. The van der Waals surface area contributed by atoms with Crippen LogP contribution in [0, 0.1) is 5.82 Å². The van der Waals surface area contributed by atoms with Crippen molar-refractivity contribution in [1.29, 1.82) is 0 Å². The summed E-state index contributed by atoms with van der Waals surface area (Å²) in [6.07, 6.45) is 0. The van der Waals surface area contributed by atoms with Gasteiger partial charge in [0.05, 0.1) is 22.7 Å². The van der Waals surface area contributed by atoms with E-state index in [0.29, 0.717) is 0 Å². The Bertz CT molecular complexity index is 871. The summed E-state index contributed by atoms with van der Waals surface area (Å²) >= 11 is 11.6. The minimum Gasteiger partial charge on any atom is -0.465 e.